The van der Waals surface area contributed by atoms with Crippen molar-refractivity contribution in [3.63, 3.8) is 0 Å². The lowest BCUT2D eigenvalue weighted by Gasteiger charge is -2.15. The Labute approximate surface area is 169 Å². The molecule has 2 aromatic carbocycles. The second kappa shape index (κ2) is 8.58. The van der Waals surface area contributed by atoms with E-state index in [2.05, 4.69) is 31.4 Å². The largest absolute Gasteiger partial charge is 0.340 e. The Balaban J connectivity index is 1.59. The van der Waals surface area contributed by atoms with Crippen molar-refractivity contribution in [3.8, 4) is 0 Å². The van der Waals surface area contributed by atoms with Crippen molar-refractivity contribution in [1.29, 1.82) is 0 Å². The molecule has 8 heteroatoms. The number of hydrogen-bond acceptors (Lipinski definition) is 5. The van der Waals surface area contributed by atoms with Crippen molar-refractivity contribution in [3.05, 3.63) is 68.9 Å². The van der Waals surface area contributed by atoms with Crippen molar-refractivity contribution >= 4 is 44.0 Å². The number of carbonyl (C=O) groups excluding carboxylic acids is 1. The molecule has 0 bridgehead atoms. The highest BCUT2D eigenvalue weighted by Gasteiger charge is 2.14. The summed E-state index contributed by atoms with van der Waals surface area (Å²) in [5.41, 5.74) is 2.73. The highest BCUT2D eigenvalue weighted by atomic mass is 79.9. The van der Waals surface area contributed by atoms with Crippen LogP contribution in [0, 0.1) is 12.7 Å². The van der Waals surface area contributed by atoms with Gasteiger partial charge in [0.15, 0.2) is 0 Å². The lowest BCUT2D eigenvalue weighted by molar-refractivity contribution is -0.114. The molecule has 140 valence electrons. The first-order chi connectivity index (χ1) is 12.9. The van der Waals surface area contributed by atoms with Gasteiger partial charge in [-0.25, -0.2) is 4.39 Å². The molecule has 0 fully saturated rings. The lowest BCUT2D eigenvalue weighted by Crippen LogP contribution is -2.30. The van der Waals surface area contributed by atoms with Gasteiger partial charge in [-0.15, -0.1) is 10.2 Å². The van der Waals surface area contributed by atoms with Crippen molar-refractivity contribution in [2.75, 3.05) is 23.8 Å². The molecule has 1 N–H and O–H groups in total. The summed E-state index contributed by atoms with van der Waals surface area (Å²) in [6, 6.07) is 12.0. The summed E-state index contributed by atoms with van der Waals surface area (Å²) in [5.74, 6) is -0.387. The van der Waals surface area contributed by atoms with Crippen molar-refractivity contribution < 1.29 is 9.18 Å². The smallest absolute Gasteiger partial charge is 0.243 e. The van der Waals surface area contributed by atoms with E-state index in [9.17, 15) is 9.18 Å². The third kappa shape index (κ3) is 5.33. The van der Waals surface area contributed by atoms with E-state index in [0.29, 0.717) is 11.6 Å². The average molecular weight is 449 g/mol. The summed E-state index contributed by atoms with van der Waals surface area (Å²) < 4.78 is 14.0. The van der Waals surface area contributed by atoms with E-state index in [4.69, 9.17) is 0 Å². The van der Waals surface area contributed by atoms with E-state index in [1.807, 2.05) is 25.1 Å². The Morgan fingerprint density at radius 2 is 1.96 bits per heavy atom. The minimum atomic E-state index is -0.261. The summed E-state index contributed by atoms with van der Waals surface area (Å²) in [5, 5.41) is 12.7. The number of aryl methyl sites for hydroxylation is 1. The zero-order valence-electron chi connectivity index (χ0n) is 14.9. The summed E-state index contributed by atoms with van der Waals surface area (Å²) in [7, 11) is 1.80. The normalized spacial score (nSPS) is 10.7. The van der Waals surface area contributed by atoms with Gasteiger partial charge in [0, 0.05) is 23.6 Å². The van der Waals surface area contributed by atoms with Crippen LogP contribution < -0.4 is 10.2 Å². The van der Waals surface area contributed by atoms with Crippen LogP contribution in [-0.4, -0.2) is 29.7 Å². The fourth-order valence-corrected chi connectivity index (χ4v) is 3.80. The maximum Gasteiger partial charge on any atom is 0.243 e. The SMILES string of the molecule is Cc1cc(Br)ccc1NC(=O)CN(C)c1nnc(Cc2ccc(F)cc2)s1. The molecule has 0 radical (unpaired) electrons. The molecular weight excluding hydrogens is 431 g/mol. The van der Waals surface area contributed by atoms with Gasteiger partial charge in [-0.1, -0.05) is 39.4 Å². The molecule has 1 aromatic heterocycles. The van der Waals surface area contributed by atoms with E-state index in [1.54, 1.807) is 24.1 Å². The predicted molar refractivity (Wildman–Crippen MR) is 110 cm³/mol. The molecule has 3 rings (SSSR count). The van der Waals surface area contributed by atoms with Crippen LogP contribution in [0.25, 0.3) is 0 Å². The lowest BCUT2D eigenvalue weighted by atomic mass is 10.2. The molecule has 1 heterocycles. The topological polar surface area (TPSA) is 58.1 Å². The minimum Gasteiger partial charge on any atom is -0.340 e. The van der Waals surface area contributed by atoms with E-state index in [0.717, 1.165) is 26.3 Å². The third-order valence-corrected chi connectivity index (χ3v) is 5.43. The first-order valence-electron chi connectivity index (χ1n) is 8.24. The Hall–Kier alpha value is -2.32. The fourth-order valence-electron chi connectivity index (χ4n) is 2.49. The highest BCUT2D eigenvalue weighted by molar-refractivity contribution is 9.10. The summed E-state index contributed by atoms with van der Waals surface area (Å²) in [4.78, 5) is 14.1. The number of nitrogens with zero attached hydrogens (tertiary/aromatic N) is 3. The minimum absolute atomic E-state index is 0.127. The monoisotopic (exact) mass is 448 g/mol. The van der Waals surface area contributed by atoms with Gasteiger partial charge in [0.05, 0.1) is 6.54 Å². The van der Waals surface area contributed by atoms with Gasteiger partial charge >= 0.3 is 0 Å². The number of hydrogen-bond donors (Lipinski definition) is 1. The molecule has 0 aliphatic heterocycles. The number of benzene rings is 2. The predicted octanol–water partition coefficient (Wildman–Crippen LogP) is 4.41. The number of anilines is 2. The van der Waals surface area contributed by atoms with Crippen LogP contribution >= 0.6 is 27.3 Å². The van der Waals surface area contributed by atoms with Gasteiger partial charge in [0.2, 0.25) is 11.0 Å². The van der Waals surface area contributed by atoms with E-state index in [-0.39, 0.29) is 18.3 Å². The van der Waals surface area contributed by atoms with Gasteiger partial charge in [-0.05, 0) is 48.4 Å². The van der Waals surface area contributed by atoms with Crippen molar-refractivity contribution in [2.24, 2.45) is 0 Å². The van der Waals surface area contributed by atoms with Crippen LogP contribution in [0.2, 0.25) is 0 Å². The Bertz CT molecular complexity index is 945. The summed E-state index contributed by atoms with van der Waals surface area (Å²) in [6.07, 6.45) is 0.579. The van der Waals surface area contributed by atoms with Crippen LogP contribution in [0.3, 0.4) is 0 Å². The van der Waals surface area contributed by atoms with E-state index in [1.165, 1.54) is 23.5 Å². The summed E-state index contributed by atoms with van der Waals surface area (Å²) in [6.45, 7) is 2.11. The van der Waals surface area contributed by atoms with Gasteiger partial charge in [-0.3, -0.25) is 4.79 Å². The average Bonchev–Trinajstić information content (AvgIpc) is 3.08. The highest BCUT2D eigenvalue weighted by Crippen LogP contribution is 2.23. The quantitative estimate of drug-likeness (QED) is 0.606. The van der Waals surface area contributed by atoms with Crippen molar-refractivity contribution in [1.82, 2.24) is 10.2 Å². The second-order valence-electron chi connectivity index (χ2n) is 6.15. The van der Waals surface area contributed by atoms with Gasteiger partial charge in [-0.2, -0.15) is 0 Å². The van der Waals surface area contributed by atoms with Gasteiger partial charge in [0.25, 0.3) is 0 Å². The molecule has 27 heavy (non-hydrogen) atoms. The Kier molecular flexibility index (Phi) is 6.18. The van der Waals surface area contributed by atoms with Crippen LogP contribution in [-0.2, 0) is 11.2 Å². The van der Waals surface area contributed by atoms with Gasteiger partial charge in [0.1, 0.15) is 10.8 Å². The molecule has 1 amide bonds. The van der Waals surface area contributed by atoms with Crippen LogP contribution in [0.15, 0.2) is 46.9 Å². The molecule has 3 aromatic rings. The standard InChI is InChI=1S/C19H18BrFN4OS/c1-12-9-14(20)5-8-16(12)22-17(26)11-25(2)19-24-23-18(27-19)10-13-3-6-15(21)7-4-13/h3-9H,10-11H2,1-2H3,(H,22,26). The van der Waals surface area contributed by atoms with Crippen LogP contribution in [0.1, 0.15) is 16.1 Å². The number of halogens is 2. The Morgan fingerprint density at radius 1 is 1.22 bits per heavy atom. The summed E-state index contributed by atoms with van der Waals surface area (Å²) >= 11 is 4.83. The number of rotatable bonds is 6. The molecule has 0 unspecified atom stereocenters. The Morgan fingerprint density at radius 3 is 2.67 bits per heavy atom. The first kappa shape index (κ1) is 19.4. The maximum atomic E-state index is 13.0. The number of nitrogens with one attached hydrogen (secondary N) is 1. The fraction of sp³-hybridized carbons (Fsp3) is 0.211. The molecule has 0 saturated heterocycles. The molecule has 0 aliphatic rings. The van der Waals surface area contributed by atoms with Crippen LogP contribution in [0.5, 0.6) is 0 Å². The van der Waals surface area contributed by atoms with E-state index >= 15 is 0 Å². The number of amides is 1. The molecule has 0 saturated carbocycles. The van der Waals surface area contributed by atoms with Crippen molar-refractivity contribution in [2.45, 2.75) is 13.3 Å². The second-order valence-corrected chi connectivity index (χ2v) is 8.10. The molecule has 5 nitrogen and oxygen atoms in total. The number of carbonyl (C=O) groups is 1. The maximum absolute atomic E-state index is 13.0. The number of likely N-dealkylation sites (N-methyl/N-ethyl adjacent to an activating group) is 1. The van der Waals surface area contributed by atoms with Crippen LogP contribution in [0.4, 0.5) is 15.2 Å². The number of aromatic nitrogens is 2. The molecule has 0 atom stereocenters. The first-order valence-corrected chi connectivity index (χ1v) is 9.85. The molecular formula is C19H18BrFN4OS. The molecule has 0 spiro atoms. The van der Waals surface area contributed by atoms with E-state index < -0.39 is 0 Å². The van der Waals surface area contributed by atoms with Gasteiger partial charge < -0.3 is 10.2 Å². The molecule has 0 aliphatic carbocycles. The zero-order valence-corrected chi connectivity index (χ0v) is 17.3. The zero-order chi connectivity index (χ0) is 19.4. The third-order valence-electron chi connectivity index (χ3n) is 3.89.